The number of anilines is 1. The van der Waals surface area contributed by atoms with Crippen LogP contribution in [0.15, 0.2) is 48.5 Å². The maximum Gasteiger partial charge on any atom is 0.257 e. The maximum atomic E-state index is 12.5. The second-order valence-corrected chi connectivity index (χ2v) is 6.42. The van der Waals surface area contributed by atoms with Crippen LogP contribution < -0.4 is 5.32 Å². The summed E-state index contributed by atoms with van der Waals surface area (Å²) in [6, 6.07) is 15.1. The molecule has 0 spiro atoms. The van der Waals surface area contributed by atoms with Gasteiger partial charge in [0.1, 0.15) is 0 Å². The molecule has 0 aliphatic heterocycles. The van der Waals surface area contributed by atoms with Gasteiger partial charge in [0, 0.05) is 5.69 Å². The highest BCUT2D eigenvalue weighted by Gasteiger charge is 2.21. The van der Waals surface area contributed by atoms with Gasteiger partial charge in [-0.15, -0.1) is 0 Å². The SMILES string of the molecule is CC(C)c1cccc(C(C)C)c1NC(=O)C(O)c1ccccc1. The fourth-order valence-electron chi connectivity index (χ4n) is 2.67. The lowest BCUT2D eigenvalue weighted by Crippen LogP contribution is -2.22. The first-order valence-corrected chi connectivity index (χ1v) is 8.08. The minimum absolute atomic E-state index is 0.290. The smallest absolute Gasteiger partial charge is 0.257 e. The van der Waals surface area contributed by atoms with E-state index in [9.17, 15) is 9.90 Å². The van der Waals surface area contributed by atoms with Gasteiger partial charge in [0.2, 0.25) is 0 Å². The molecule has 1 unspecified atom stereocenters. The van der Waals surface area contributed by atoms with E-state index in [4.69, 9.17) is 0 Å². The van der Waals surface area contributed by atoms with E-state index >= 15 is 0 Å². The number of aliphatic hydroxyl groups excluding tert-OH is 1. The summed E-state index contributed by atoms with van der Waals surface area (Å²) in [5.74, 6) is 0.182. The Morgan fingerprint density at radius 1 is 0.870 bits per heavy atom. The van der Waals surface area contributed by atoms with Gasteiger partial charge in [-0.2, -0.15) is 0 Å². The van der Waals surface area contributed by atoms with Crippen LogP contribution in [0.5, 0.6) is 0 Å². The molecule has 3 nitrogen and oxygen atoms in total. The first-order chi connectivity index (χ1) is 10.9. The largest absolute Gasteiger partial charge is 0.378 e. The number of amides is 1. The summed E-state index contributed by atoms with van der Waals surface area (Å²) in [7, 11) is 0. The average molecular weight is 311 g/mol. The van der Waals surface area contributed by atoms with Crippen molar-refractivity contribution in [3.8, 4) is 0 Å². The molecular formula is C20H25NO2. The number of rotatable bonds is 5. The molecule has 2 rings (SSSR count). The standard InChI is InChI=1S/C20H25NO2/c1-13(2)16-11-8-12-17(14(3)4)18(16)21-20(23)19(22)15-9-6-5-7-10-15/h5-14,19,22H,1-4H3,(H,21,23). The summed E-state index contributed by atoms with van der Waals surface area (Å²) >= 11 is 0. The monoisotopic (exact) mass is 311 g/mol. The topological polar surface area (TPSA) is 49.3 Å². The van der Waals surface area contributed by atoms with Crippen molar-refractivity contribution < 1.29 is 9.90 Å². The summed E-state index contributed by atoms with van der Waals surface area (Å²) < 4.78 is 0. The van der Waals surface area contributed by atoms with Crippen molar-refractivity contribution in [3.63, 3.8) is 0 Å². The molecule has 2 aromatic rings. The van der Waals surface area contributed by atoms with Gasteiger partial charge in [-0.25, -0.2) is 0 Å². The van der Waals surface area contributed by atoms with E-state index in [-0.39, 0.29) is 11.8 Å². The third kappa shape index (κ3) is 3.99. The van der Waals surface area contributed by atoms with Gasteiger partial charge in [0.25, 0.3) is 5.91 Å². The Bertz CT molecular complexity index is 636. The van der Waals surface area contributed by atoms with Gasteiger partial charge < -0.3 is 10.4 Å². The van der Waals surface area contributed by atoms with Crippen LogP contribution in [0.2, 0.25) is 0 Å². The first-order valence-electron chi connectivity index (χ1n) is 8.08. The molecule has 0 aliphatic carbocycles. The van der Waals surface area contributed by atoms with E-state index < -0.39 is 12.0 Å². The lowest BCUT2D eigenvalue weighted by atomic mass is 9.92. The molecule has 2 aromatic carbocycles. The Balaban J connectivity index is 2.33. The summed E-state index contributed by atoms with van der Waals surface area (Å²) in [4.78, 5) is 12.5. The Labute approximate surface area is 138 Å². The summed E-state index contributed by atoms with van der Waals surface area (Å²) in [6.07, 6.45) is -1.17. The number of hydrogen-bond donors (Lipinski definition) is 2. The van der Waals surface area contributed by atoms with E-state index in [1.165, 1.54) is 0 Å². The van der Waals surface area contributed by atoms with Gasteiger partial charge in [0.15, 0.2) is 6.10 Å². The van der Waals surface area contributed by atoms with Gasteiger partial charge in [-0.1, -0.05) is 76.2 Å². The zero-order valence-electron chi connectivity index (χ0n) is 14.2. The van der Waals surface area contributed by atoms with E-state index in [0.29, 0.717) is 5.56 Å². The number of carbonyl (C=O) groups is 1. The van der Waals surface area contributed by atoms with Crippen molar-refractivity contribution in [3.05, 3.63) is 65.2 Å². The highest BCUT2D eigenvalue weighted by Crippen LogP contribution is 2.33. The fraction of sp³-hybridized carbons (Fsp3) is 0.350. The van der Waals surface area contributed by atoms with Crippen LogP contribution in [0.4, 0.5) is 5.69 Å². The number of hydrogen-bond acceptors (Lipinski definition) is 2. The predicted molar refractivity (Wildman–Crippen MR) is 94.7 cm³/mol. The zero-order valence-corrected chi connectivity index (χ0v) is 14.2. The maximum absolute atomic E-state index is 12.5. The fourth-order valence-corrected chi connectivity index (χ4v) is 2.67. The third-order valence-corrected chi connectivity index (χ3v) is 3.98. The Hall–Kier alpha value is -2.13. The van der Waals surface area contributed by atoms with E-state index in [1.807, 2.05) is 36.4 Å². The Morgan fingerprint density at radius 2 is 1.39 bits per heavy atom. The molecule has 0 saturated heterocycles. The second kappa shape index (κ2) is 7.42. The third-order valence-electron chi connectivity index (χ3n) is 3.98. The first kappa shape index (κ1) is 17.2. The normalized spacial score (nSPS) is 12.5. The van der Waals surface area contributed by atoms with E-state index in [0.717, 1.165) is 16.8 Å². The molecule has 0 heterocycles. The van der Waals surface area contributed by atoms with Crippen molar-refractivity contribution >= 4 is 11.6 Å². The predicted octanol–water partition coefficient (Wildman–Crippen LogP) is 4.61. The van der Waals surface area contributed by atoms with Crippen LogP contribution >= 0.6 is 0 Å². The minimum Gasteiger partial charge on any atom is -0.378 e. The van der Waals surface area contributed by atoms with Crippen LogP contribution in [0.3, 0.4) is 0 Å². The highest BCUT2D eigenvalue weighted by molar-refractivity contribution is 5.96. The van der Waals surface area contributed by atoms with Gasteiger partial charge in [-0.3, -0.25) is 4.79 Å². The molecule has 1 atom stereocenters. The average Bonchev–Trinajstić information content (AvgIpc) is 2.54. The van der Waals surface area contributed by atoms with Crippen molar-refractivity contribution in [2.45, 2.75) is 45.6 Å². The van der Waals surface area contributed by atoms with Crippen LogP contribution in [-0.4, -0.2) is 11.0 Å². The van der Waals surface area contributed by atoms with Crippen LogP contribution in [-0.2, 0) is 4.79 Å². The zero-order chi connectivity index (χ0) is 17.0. The molecule has 0 aromatic heterocycles. The lowest BCUT2D eigenvalue weighted by molar-refractivity contribution is -0.124. The number of benzene rings is 2. The Kier molecular flexibility index (Phi) is 5.56. The van der Waals surface area contributed by atoms with Crippen molar-refractivity contribution in [2.24, 2.45) is 0 Å². The summed E-state index contributed by atoms with van der Waals surface area (Å²) in [5, 5.41) is 13.2. The van der Waals surface area contributed by atoms with E-state index in [2.05, 4.69) is 33.0 Å². The molecule has 2 N–H and O–H groups in total. The molecule has 122 valence electrons. The summed E-state index contributed by atoms with van der Waals surface area (Å²) in [6.45, 7) is 8.40. The molecule has 0 radical (unpaired) electrons. The second-order valence-electron chi connectivity index (χ2n) is 6.42. The highest BCUT2D eigenvalue weighted by atomic mass is 16.3. The molecule has 23 heavy (non-hydrogen) atoms. The molecule has 0 aliphatic rings. The van der Waals surface area contributed by atoms with Crippen LogP contribution in [0.25, 0.3) is 0 Å². The molecular weight excluding hydrogens is 286 g/mol. The number of carbonyl (C=O) groups excluding carboxylic acids is 1. The summed E-state index contributed by atoms with van der Waals surface area (Å²) in [5.41, 5.74) is 3.60. The van der Waals surface area contributed by atoms with Gasteiger partial charge in [-0.05, 0) is 28.5 Å². The molecule has 0 fully saturated rings. The van der Waals surface area contributed by atoms with E-state index in [1.54, 1.807) is 12.1 Å². The van der Waals surface area contributed by atoms with Crippen molar-refractivity contribution in [1.82, 2.24) is 0 Å². The van der Waals surface area contributed by atoms with Crippen LogP contribution in [0, 0.1) is 0 Å². The molecule has 1 amide bonds. The quantitative estimate of drug-likeness (QED) is 0.847. The van der Waals surface area contributed by atoms with Crippen molar-refractivity contribution in [2.75, 3.05) is 5.32 Å². The van der Waals surface area contributed by atoms with Crippen molar-refractivity contribution in [1.29, 1.82) is 0 Å². The lowest BCUT2D eigenvalue weighted by Gasteiger charge is -2.21. The molecule has 0 bridgehead atoms. The minimum atomic E-state index is -1.17. The number of aliphatic hydroxyl groups is 1. The number of para-hydroxylation sites is 1. The van der Waals surface area contributed by atoms with Gasteiger partial charge >= 0.3 is 0 Å². The molecule has 0 saturated carbocycles. The Morgan fingerprint density at radius 3 is 1.87 bits per heavy atom. The number of nitrogens with one attached hydrogen (secondary N) is 1. The van der Waals surface area contributed by atoms with Crippen LogP contribution in [0.1, 0.15) is 62.3 Å². The molecule has 3 heteroatoms. The van der Waals surface area contributed by atoms with Gasteiger partial charge in [0.05, 0.1) is 0 Å².